The third kappa shape index (κ3) is 4.42. The number of nitrogens with one attached hydrogen (secondary N) is 1. The molecular weight excluding hydrogens is 424 g/mol. The topological polar surface area (TPSA) is 54.7 Å². The molecule has 0 aliphatic carbocycles. The van der Waals surface area contributed by atoms with Crippen molar-refractivity contribution in [2.24, 2.45) is 0 Å². The first-order valence-electron chi connectivity index (χ1n) is 11.6. The average molecular weight is 453 g/mol. The van der Waals surface area contributed by atoms with Gasteiger partial charge < -0.3 is 19.4 Å². The predicted octanol–water partition coefficient (Wildman–Crippen LogP) is 6.23. The number of hydrogen-bond donors (Lipinski definition) is 1. The number of hydrogen-bond acceptors (Lipinski definition) is 4. The Balaban J connectivity index is 1.38. The molecule has 5 heteroatoms. The maximum atomic E-state index is 13.6. The Morgan fingerprint density at radius 1 is 0.941 bits per heavy atom. The molecule has 0 radical (unpaired) electrons. The molecule has 1 amide bonds. The Labute approximate surface area is 200 Å². The number of nitrogens with zero attached hydrogens (tertiary/aromatic N) is 1. The number of rotatable bonds is 8. The highest BCUT2D eigenvalue weighted by Gasteiger charge is 2.43. The largest absolute Gasteiger partial charge is 0.494 e. The predicted molar refractivity (Wildman–Crippen MR) is 133 cm³/mol. The third-order valence-corrected chi connectivity index (χ3v) is 6.33. The number of furan rings is 1. The van der Waals surface area contributed by atoms with Crippen LogP contribution in [0.4, 0.5) is 5.69 Å². The number of amides is 1. The van der Waals surface area contributed by atoms with Crippen molar-refractivity contribution in [3.8, 4) is 5.75 Å². The van der Waals surface area contributed by atoms with E-state index in [2.05, 4.69) is 29.6 Å². The summed E-state index contributed by atoms with van der Waals surface area (Å²) in [6, 6.07) is 29.8. The van der Waals surface area contributed by atoms with Crippen LogP contribution in [0.15, 0.2) is 102 Å². The van der Waals surface area contributed by atoms with Crippen molar-refractivity contribution >= 4 is 11.6 Å². The first-order chi connectivity index (χ1) is 16.6. The van der Waals surface area contributed by atoms with Crippen molar-refractivity contribution in [2.75, 3.05) is 11.9 Å². The highest BCUT2D eigenvalue weighted by atomic mass is 16.5. The number of anilines is 1. The first-order valence-corrected chi connectivity index (χ1v) is 11.6. The molecule has 1 N–H and O–H groups in total. The molecule has 5 nitrogen and oxygen atoms in total. The Morgan fingerprint density at radius 2 is 1.76 bits per heavy atom. The van der Waals surface area contributed by atoms with Crippen molar-refractivity contribution in [2.45, 2.75) is 32.0 Å². The van der Waals surface area contributed by atoms with Gasteiger partial charge in [0.05, 0.1) is 25.0 Å². The van der Waals surface area contributed by atoms with Crippen LogP contribution in [0.5, 0.6) is 5.75 Å². The normalized spacial score (nSPS) is 17.2. The molecule has 3 aromatic carbocycles. The molecule has 1 aromatic heterocycles. The van der Waals surface area contributed by atoms with Crippen molar-refractivity contribution in [1.29, 1.82) is 0 Å². The van der Waals surface area contributed by atoms with Crippen molar-refractivity contribution in [3.63, 3.8) is 0 Å². The summed E-state index contributed by atoms with van der Waals surface area (Å²) in [6.07, 6.45) is 3.54. The van der Waals surface area contributed by atoms with Crippen LogP contribution in [0, 0.1) is 0 Å². The molecule has 1 unspecified atom stereocenters. The molecule has 0 saturated carbocycles. The Morgan fingerprint density at radius 3 is 2.59 bits per heavy atom. The average Bonchev–Trinajstić information content (AvgIpc) is 3.39. The maximum absolute atomic E-state index is 13.6. The van der Waals surface area contributed by atoms with E-state index < -0.39 is 5.66 Å². The fourth-order valence-corrected chi connectivity index (χ4v) is 4.47. The molecular formula is C29H28N2O3. The van der Waals surface area contributed by atoms with Crippen LogP contribution in [0.2, 0.25) is 0 Å². The summed E-state index contributed by atoms with van der Waals surface area (Å²) in [5.74, 6) is 1.48. The van der Waals surface area contributed by atoms with Gasteiger partial charge in [-0.2, -0.15) is 0 Å². The lowest BCUT2D eigenvalue weighted by molar-refractivity contribution is 0.0486. The van der Waals surface area contributed by atoms with Crippen molar-refractivity contribution in [1.82, 2.24) is 4.90 Å². The molecule has 1 atom stereocenters. The van der Waals surface area contributed by atoms with Gasteiger partial charge in [-0.25, -0.2) is 0 Å². The lowest BCUT2D eigenvalue weighted by Crippen LogP contribution is -2.55. The number of carbonyl (C=O) groups excluding carboxylic acids is 1. The van der Waals surface area contributed by atoms with Crippen LogP contribution in [0.1, 0.15) is 40.6 Å². The van der Waals surface area contributed by atoms with E-state index in [0.717, 1.165) is 35.6 Å². The Kier molecular flexibility index (Phi) is 6.09. The van der Waals surface area contributed by atoms with Crippen LogP contribution >= 0.6 is 0 Å². The van der Waals surface area contributed by atoms with Gasteiger partial charge in [0.25, 0.3) is 5.91 Å². The number of para-hydroxylation sites is 1. The van der Waals surface area contributed by atoms with Gasteiger partial charge in [0, 0.05) is 11.3 Å². The van der Waals surface area contributed by atoms with E-state index in [4.69, 9.17) is 9.15 Å². The second kappa shape index (κ2) is 9.48. The third-order valence-electron chi connectivity index (χ3n) is 6.33. The highest BCUT2D eigenvalue weighted by Crippen LogP contribution is 2.39. The molecule has 0 saturated heterocycles. The summed E-state index contributed by atoms with van der Waals surface area (Å²) >= 11 is 0. The second-order valence-electron chi connectivity index (χ2n) is 8.68. The lowest BCUT2D eigenvalue weighted by Gasteiger charge is -2.46. The van der Waals surface area contributed by atoms with Gasteiger partial charge in [0.15, 0.2) is 0 Å². The van der Waals surface area contributed by atoms with E-state index in [-0.39, 0.29) is 5.91 Å². The summed E-state index contributed by atoms with van der Waals surface area (Å²) < 4.78 is 11.7. The fraction of sp³-hybridized carbons (Fsp3) is 0.207. The molecule has 0 fully saturated rings. The van der Waals surface area contributed by atoms with Gasteiger partial charge in [-0.1, -0.05) is 54.6 Å². The van der Waals surface area contributed by atoms with Crippen LogP contribution in [-0.2, 0) is 18.6 Å². The van der Waals surface area contributed by atoms with E-state index in [1.165, 1.54) is 5.56 Å². The standard InChI is InChI=1S/C29H28N2O3/c1-29(23-13-7-14-24(20-23)33-18-8-12-22-10-3-2-4-11-22)30-27-17-6-5-16-26(27)28(32)31(29)21-25-15-9-19-34-25/h2-7,9-11,13-17,19-20,30H,8,12,18,21H2,1H3. The van der Waals surface area contributed by atoms with E-state index in [9.17, 15) is 4.79 Å². The van der Waals surface area contributed by atoms with Gasteiger partial charge in [0.2, 0.25) is 0 Å². The number of fused-ring (bicyclic) bond motifs is 1. The zero-order chi connectivity index (χ0) is 23.4. The summed E-state index contributed by atoms with van der Waals surface area (Å²) in [4.78, 5) is 15.4. The van der Waals surface area contributed by atoms with Crippen LogP contribution < -0.4 is 10.1 Å². The van der Waals surface area contributed by atoms with Crippen LogP contribution in [-0.4, -0.2) is 17.4 Å². The SMILES string of the molecule is CC1(c2cccc(OCCCc3ccccc3)c2)Nc2ccccc2C(=O)N1Cc1ccco1. The van der Waals surface area contributed by atoms with E-state index in [0.29, 0.717) is 18.7 Å². The minimum atomic E-state index is -0.776. The van der Waals surface area contributed by atoms with Gasteiger partial charge >= 0.3 is 0 Å². The first kappa shape index (κ1) is 21.8. The number of carbonyl (C=O) groups is 1. The van der Waals surface area contributed by atoms with Gasteiger partial charge in [-0.05, 0) is 61.7 Å². The highest BCUT2D eigenvalue weighted by molar-refractivity contribution is 6.02. The van der Waals surface area contributed by atoms with Crippen LogP contribution in [0.25, 0.3) is 0 Å². The Hall–Kier alpha value is -3.99. The van der Waals surface area contributed by atoms with Crippen molar-refractivity contribution in [3.05, 3.63) is 120 Å². The number of ether oxygens (including phenoxy) is 1. The summed E-state index contributed by atoms with van der Waals surface area (Å²) in [5.41, 5.74) is 2.95. The monoisotopic (exact) mass is 452 g/mol. The molecule has 2 heterocycles. The van der Waals surface area contributed by atoms with Crippen LogP contribution in [0.3, 0.4) is 0 Å². The van der Waals surface area contributed by atoms with E-state index in [1.807, 2.05) is 78.6 Å². The molecule has 0 spiro atoms. The number of aryl methyl sites for hydroxylation is 1. The molecule has 4 aromatic rings. The van der Waals surface area contributed by atoms with Gasteiger partial charge in [0.1, 0.15) is 17.2 Å². The minimum absolute atomic E-state index is 0.0394. The molecule has 5 rings (SSSR count). The maximum Gasteiger partial charge on any atom is 0.258 e. The quantitative estimate of drug-likeness (QED) is 0.322. The van der Waals surface area contributed by atoms with Gasteiger partial charge in [-0.3, -0.25) is 4.79 Å². The van der Waals surface area contributed by atoms with Gasteiger partial charge in [-0.15, -0.1) is 0 Å². The Bertz CT molecular complexity index is 1250. The second-order valence-corrected chi connectivity index (χ2v) is 8.68. The zero-order valence-electron chi connectivity index (χ0n) is 19.2. The summed E-state index contributed by atoms with van der Waals surface area (Å²) in [7, 11) is 0. The van der Waals surface area contributed by atoms with E-state index >= 15 is 0 Å². The summed E-state index contributed by atoms with van der Waals surface area (Å²) in [5, 5.41) is 3.61. The molecule has 34 heavy (non-hydrogen) atoms. The molecule has 1 aliphatic rings. The lowest BCUT2D eigenvalue weighted by atomic mass is 9.93. The minimum Gasteiger partial charge on any atom is -0.494 e. The summed E-state index contributed by atoms with van der Waals surface area (Å²) in [6.45, 7) is 3.00. The van der Waals surface area contributed by atoms with E-state index in [1.54, 1.807) is 6.26 Å². The fourth-order valence-electron chi connectivity index (χ4n) is 4.47. The molecule has 0 bridgehead atoms. The van der Waals surface area contributed by atoms with Crippen molar-refractivity contribution < 1.29 is 13.9 Å². The smallest absolute Gasteiger partial charge is 0.258 e. The molecule has 172 valence electrons. The number of benzene rings is 3. The molecule has 1 aliphatic heterocycles. The zero-order valence-corrected chi connectivity index (χ0v) is 19.2.